The first-order valence-corrected chi connectivity index (χ1v) is 7.69. The van der Waals surface area contributed by atoms with Gasteiger partial charge in [0.25, 0.3) is 0 Å². The first-order chi connectivity index (χ1) is 9.94. The second kappa shape index (κ2) is 6.94. The summed E-state index contributed by atoms with van der Waals surface area (Å²) in [6.07, 6.45) is 1.99. The number of nitrogens with one attached hydrogen (secondary N) is 1. The molecule has 1 fully saturated rings. The van der Waals surface area contributed by atoms with Crippen LogP contribution in [0.25, 0.3) is 0 Å². The number of hydrogen-bond donors (Lipinski definition) is 1. The molecule has 0 bridgehead atoms. The molecular formula is C17H26N2O2. The highest BCUT2D eigenvalue weighted by Gasteiger charge is 2.25. The van der Waals surface area contributed by atoms with E-state index >= 15 is 0 Å². The fraction of sp³-hybridized carbons (Fsp3) is 0.588. The molecule has 1 saturated heterocycles. The van der Waals surface area contributed by atoms with Crippen molar-refractivity contribution in [2.24, 2.45) is 0 Å². The smallest absolute Gasteiger partial charge is 0.407 e. The lowest BCUT2D eigenvalue weighted by molar-refractivity contribution is 0.0512. The van der Waals surface area contributed by atoms with Crippen molar-refractivity contribution in [3.8, 4) is 0 Å². The minimum Gasteiger partial charge on any atom is -0.444 e. The molecule has 1 aliphatic rings. The fourth-order valence-electron chi connectivity index (χ4n) is 2.67. The first-order valence-electron chi connectivity index (χ1n) is 7.69. The molecular weight excluding hydrogens is 264 g/mol. The van der Waals surface area contributed by atoms with Gasteiger partial charge in [0.1, 0.15) is 5.60 Å². The van der Waals surface area contributed by atoms with Gasteiger partial charge in [-0.2, -0.15) is 0 Å². The van der Waals surface area contributed by atoms with Gasteiger partial charge in [-0.05, 0) is 45.7 Å². The number of amides is 1. The normalized spacial score (nSPS) is 19.5. The number of benzene rings is 1. The van der Waals surface area contributed by atoms with Crippen molar-refractivity contribution >= 4 is 6.09 Å². The topological polar surface area (TPSA) is 41.6 Å². The van der Waals surface area contributed by atoms with Crippen LogP contribution in [0.15, 0.2) is 30.3 Å². The number of ether oxygens (including phenoxy) is 1. The molecule has 2 rings (SSSR count). The first kappa shape index (κ1) is 15.8. The molecule has 0 aliphatic carbocycles. The Labute approximate surface area is 127 Å². The molecule has 116 valence electrons. The number of rotatable bonds is 4. The molecule has 21 heavy (non-hydrogen) atoms. The summed E-state index contributed by atoms with van der Waals surface area (Å²) in [4.78, 5) is 14.2. The zero-order chi connectivity index (χ0) is 15.3. The van der Waals surface area contributed by atoms with Crippen LogP contribution in [0, 0.1) is 0 Å². The van der Waals surface area contributed by atoms with Crippen molar-refractivity contribution in [2.45, 2.75) is 51.8 Å². The molecule has 4 nitrogen and oxygen atoms in total. The Kier molecular flexibility index (Phi) is 5.23. The van der Waals surface area contributed by atoms with Crippen LogP contribution in [-0.4, -0.2) is 35.7 Å². The molecule has 0 unspecified atom stereocenters. The zero-order valence-corrected chi connectivity index (χ0v) is 13.3. The number of carbonyl (C=O) groups excluding carboxylic acids is 1. The number of nitrogens with zero attached hydrogens (tertiary/aromatic N) is 1. The molecule has 0 radical (unpaired) electrons. The second-order valence-corrected chi connectivity index (χ2v) is 6.63. The van der Waals surface area contributed by atoms with E-state index in [1.54, 1.807) is 0 Å². The molecule has 1 heterocycles. The van der Waals surface area contributed by atoms with Gasteiger partial charge in [-0.3, -0.25) is 4.90 Å². The molecule has 1 aliphatic heterocycles. The van der Waals surface area contributed by atoms with E-state index in [0.717, 1.165) is 19.5 Å². The largest absolute Gasteiger partial charge is 0.444 e. The van der Waals surface area contributed by atoms with E-state index in [9.17, 15) is 4.79 Å². The summed E-state index contributed by atoms with van der Waals surface area (Å²) in [5, 5.41) is 2.89. The molecule has 0 spiro atoms. The maximum absolute atomic E-state index is 11.7. The summed E-state index contributed by atoms with van der Waals surface area (Å²) in [5.74, 6) is 0. The predicted octanol–water partition coefficient (Wildman–Crippen LogP) is 3.18. The SMILES string of the molecule is CC(C)(C)OC(=O)NC[C@@H]1CCCN1Cc1ccccc1. The summed E-state index contributed by atoms with van der Waals surface area (Å²) >= 11 is 0. The van der Waals surface area contributed by atoms with Crippen molar-refractivity contribution in [2.75, 3.05) is 13.1 Å². The summed E-state index contributed by atoms with van der Waals surface area (Å²) in [5.41, 5.74) is 0.880. The van der Waals surface area contributed by atoms with Crippen LogP contribution in [0.4, 0.5) is 4.79 Å². The molecule has 4 heteroatoms. The van der Waals surface area contributed by atoms with Gasteiger partial charge in [-0.1, -0.05) is 30.3 Å². The highest BCUT2D eigenvalue weighted by Crippen LogP contribution is 2.19. The quantitative estimate of drug-likeness (QED) is 0.926. The summed E-state index contributed by atoms with van der Waals surface area (Å²) < 4.78 is 5.28. The van der Waals surface area contributed by atoms with E-state index in [0.29, 0.717) is 12.6 Å². The van der Waals surface area contributed by atoms with Crippen molar-refractivity contribution in [1.82, 2.24) is 10.2 Å². The predicted molar refractivity (Wildman–Crippen MR) is 84.1 cm³/mol. The lowest BCUT2D eigenvalue weighted by Gasteiger charge is -2.26. The number of alkyl carbamates (subject to hydrolysis) is 1. The minimum absolute atomic E-state index is 0.325. The van der Waals surface area contributed by atoms with Gasteiger partial charge in [-0.15, -0.1) is 0 Å². The van der Waals surface area contributed by atoms with Crippen molar-refractivity contribution < 1.29 is 9.53 Å². The second-order valence-electron chi connectivity index (χ2n) is 6.63. The van der Waals surface area contributed by atoms with Crippen molar-refractivity contribution in [3.05, 3.63) is 35.9 Å². The van der Waals surface area contributed by atoms with Crippen molar-refractivity contribution in [1.29, 1.82) is 0 Å². The van der Waals surface area contributed by atoms with Gasteiger partial charge in [0.2, 0.25) is 0 Å². The van der Waals surface area contributed by atoms with Gasteiger partial charge in [0.15, 0.2) is 0 Å². The van der Waals surface area contributed by atoms with Crippen molar-refractivity contribution in [3.63, 3.8) is 0 Å². The zero-order valence-electron chi connectivity index (χ0n) is 13.3. The summed E-state index contributed by atoms with van der Waals surface area (Å²) in [6, 6.07) is 10.9. The van der Waals surface area contributed by atoms with Crippen LogP contribution in [-0.2, 0) is 11.3 Å². The molecule has 0 saturated carbocycles. The highest BCUT2D eigenvalue weighted by atomic mass is 16.6. The molecule has 1 aromatic rings. The maximum atomic E-state index is 11.7. The number of hydrogen-bond acceptors (Lipinski definition) is 3. The maximum Gasteiger partial charge on any atom is 0.407 e. The van der Waals surface area contributed by atoms with Gasteiger partial charge in [0.05, 0.1) is 0 Å². The van der Waals surface area contributed by atoms with E-state index in [2.05, 4.69) is 34.5 Å². The van der Waals surface area contributed by atoms with Crippen LogP contribution in [0.5, 0.6) is 0 Å². The Morgan fingerprint density at radius 2 is 2.05 bits per heavy atom. The molecule has 1 N–H and O–H groups in total. The minimum atomic E-state index is -0.441. The summed E-state index contributed by atoms with van der Waals surface area (Å²) in [6.45, 7) is 8.33. The lowest BCUT2D eigenvalue weighted by Crippen LogP contribution is -2.41. The fourth-order valence-corrected chi connectivity index (χ4v) is 2.67. The van der Waals surface area contributed by atoms with Crippen LogP contribution in [0.3, 0.4) is 0 Å². The molecule has 1 atom stereocenters. The van der Waals surface area contributed by atoms with E-state index in [-0.39, 0.29) is 6.09 Å². The van der Waals surface area contributed by atoms with Gasteiger partial charge >= 0.3 is 6.09 Å². The average molecular weight is 290 g/mol. The van der Waals surface area contributed by atoms with Crippen LogP contribution in [0.1, 0.15) is 39.2 Å². The van der Waals surface area contributed by atoms with Crippen LogP contribution < -0.4 is 5.32 Å². The molecule has 1 aromatic carbocycles. The van der Waals surface area contributed by atoms with Gasteiger partial charge in [0, 0.05) is 19.1 Å². The Bertz CT molecular complexity index is 454. The van der Waals surface area contributed by atoms with Crippen LogP contribution >= 0.6 is 0 Å². The van der Waals surface area contributed by atoms with E-state index in [1.807, 2.05) is 26.8 Å². The average Bonchev–Trinajstić information content (AvgIpc) is 2.83. The lowest BCUT2D eigenvalue weighted by atomic mass is 10.2. The van der Waals surface area contributed by atoms with Gasteiger partial charge < -0.3 is 10.1 Å². The Morgan fingerprint density at radius 1 is 1.33 bits per heavy atom. The summed E-state index contributed by atoms with van der Waals surface area (Å²) in [7, 11) is 0. The molecule has 0 aromatic heterocycles. The van der Waals surface area contributed by atoms with Gasteiger partial charge in [-0.25, -0.2) is 4.79 Å². The third kappa shape index (κ3) is 5.38. The van der Waals surface area contributed by atoms with Crippen LogP contribution in [0.2, 0.25) is 0 Å². The monoisotopic (exact) mass is 290 g/mol. The highest BCUT2D eigenvalue weighted by molar-refractivity contribution is 5.67. The van der Waals surface area contributed by atoms with E-state index in [1.165, 1.54) is 12.0 Å². The third-order valence-corrected chi connectivity index (χ3v) is 3.61. The molecule has 1 amide bonds. The Balaban J connectivity index is 1.81. The standard InChI is InChI=1S/C17H26N2O2/c1-17(2,3)21-16(20)18-12-15-10-7-11-19(15)13-14-8-5-4-6-9-14/h4-6,8-9,15H,7,10-13H2,1-3H3,(H,18,20)/t15-/m0/s1. The van der Waals surface area contributed by atoms with E-state index < -0.39 is 5.60 Å². The number of carbonyl (C=O) groups is 1. The Hall–Kier alpha value is -1.55. The number of likely N-dealkylation sites (tertiary alicyclic amines) is 1. The Morgan fingerprint density at radius 3 is 2.71 bits per heavy atom. The van der Waals surface area contributed by atoms with E-state index in [4.69, 9.17) is 4.74 Å². The third-order valence-electron chi connectivity index (χ3n) is 3.61.